The Bertz CT molecular complexity index is 898. The number of nitrogens with zero attached hydrogens (tertiary/aromatic N) is 2. The summed E-state index contributed by atoms with van der Waals surface area (Å²) in [5.41, 5.74) is 3.05. The molecule has 1 saturated heterocycles. The zero-order chi connectivity index (χ0) is 18.6. The molecule has 6 heteroatoms. The van der Waals surface area contributed by atoms with Crippen LogP contribution in [0.25, 0.3) is 11.0 Å². The highest BCUT2D eigenvalue weighted by Crippen LogP contribution is 2.27. The first-order valence-electron chi connectivity index (χ1n) is 9.36. The number of aromatic amines is 1. The van der Waals surface area contributed by atoms with Gasteiger partial charge in [0.1, 0.15) is 5.82 Å². The number of rotatable bonds is 5. The van der Waals surface area contributed by atoms with Gasteiger partial charge in [-0.3, -0.25) is 9.69 Å². The minimum absolute atomic E-state index is 0.0390. The van der Waals surface area contributed by atoms with Gasteiger partial charge < -0.3 is 10.3 Å². The molecular weight excluding hydrogens is 360 g/mol. The number of para-hydroxylation sites is 2. The molecule has 1 fully saturated rings. The maximum atomic E-state index is 12.3. The second-order valence-corrected chi connectivity index (χ2v) is 7.46. The van der Waals surface area contributed by atoms with Crippen LogP contribution >= 0.6 is 11.6 Å². The molecule has 1 aliphatic heterocycles. The maximum Gasteiger partial charge on any atom is 0.234 e. The second kappa shape index (κ2) is 8.11. The third-order valence-corrected chi connectivity index (χ3v) is 5.55. The summed E-state index contributed by atoms with van der Waals surface area (Å²) in [7, 11) is 0. The highest BCUT2D eigenvalue weighted by molar-refractivity contribution is 6.31. The Morgan fingerprint density at radius 1 is 1.15 bits per heavy atom. The lowest BCUT2D eigenvalue weighted by Crippen LogP contribution is -2.41. The van der Waals surface area contributed by atoms with Crippen molar-refractivity contribution in [1.82, 2.24) is 20.2 Å². The van der Waals surface area contributed by atoms with E-state index in [9.17, 15) is 4.79 Å². The molecule has 1 aromatic heterocycles. The standard InChI is InChI=1S/C21H23ClN4O/c22-17-6-2-1-5-16(17)13-23-20(27)14-26-11-9-15(10-12-26)21-24-18-7-3-4-8-19(18)25-21/h1-8,15H,9-14H2,(H,23,27)(H,24,25). The fraction of sp³-hybridized carbons (Fsp3) is 0.333. The molecule has 27 heavy (non-hydrogen) atoms. The van der Waals surface area contributed by atoms with Crippen molar-refractivity contribution in [3.8, 4) is 0 Å². The smallest absolute Gasteiger partial charge is 0.234 e. The van der Waals surface area contributed by atoms with E-state index in [0.29, 0.717) is 24.0 Å². The van der Waals surface area contributed by atoms with E-state index < -0.39 is 0 Å². The number of fused-ring (bicyclic) bond motifs is 1. The number of aromatic nitrogens is 2. The predicted octanol–water partition coefficient (Wildman–Crippen LogP) is 3.71. The van der Waals surface area contributed by atoms with Gasteiger partial charge in [0.25, 0.3) is 0 Å². The molecule has 1 amide bonds. The van der Waals surface area contributed by atoms with Crippen LogP contribution in [-0.4, -0.2) is 40.4 Å². The summed E-state index contributed by atoms with van der Waals surface area (Å²) >= 11 is 6.13. The van der Waals surface area contributed by atoms with Gasteiger partial charge in [-0.1, -0.05) is 41.9 Å². The molecule has 0 aliphatic carbocycles. The van der Waals surface area contributed by atoms with Crippen LogP contribution in [0.4, 0.5) is 0 Å². The summed E-state index contributed by atoms with van der Waals surface area (Å²) in [5, 5.41) is 3.65. The molecule has 140 valence electrons. The Hall–Kier alpha value is -2.37. The zero-order valence-electron chi connectivity index (χ0n) is 15.1. The molecule has 2 aromatic carbocycles. The lowest BCUT2D eigenvalue weighted by atomic mass is 9.96. The van der Waals surface area contributed by atoms with Gasteiger partial charge in [0.15, 0.2) is 0 Å². The average molecular weight is 383 g/mol. The first kappa shape index (κ1) is 18.0. The summed E-state index contributed by atoms with van der Waals surface area (Å²) < 4.78 is 0. The van der Waals surface area contributed by atoms with Crippen LogP contribution in [0.15, 0.2) is 48.5 Å². The molecule has 0 radical (unpaired) electrons. The first-order valence-corrected chi connectivity index (χ1v) is 9.74. The van der Waals surface area contributed by atoms with E-state index in [2.05, 4.69) is 21.3 Å². The lowest BCUT2D eigenvalue weighted by Gasteiger charge is -2.30. The van der Waals surface area contributed by atoms with Gasteiger partial charge in [0, 0.05) is 17.5 Å². The number of hydrogen-bond donors (Lipinski definition) is 2. The van der Waals surface area contributed by atoms with E-state index in [1.807, 2.05) is 42.5 Å². The fourth-order valence-corrected chi connectivity index (χ4v) is 3.83. The number of amides is 1. The number of likely N-dealkylation sites (tertiary alicyclic amines) is 1. The van der Waals surface area contributed by atoms with Crippen molar-refractivity contribution >= 4 is 28.5 Å². The SMILES string of the molecule is O=C(CN1CCC(c2nc3ccccc3[nH]2)CC1)NCc1ccccc1Cl. The van der Waals surface area contributed by atoms with Crippen molar-refractivity contribution in [2.75, 3.05) is 19.6 Å². The van der Waals surface area contributed by atoms with E-state index in [1.165, 1.54) is 0 Å². The van der Waals surface area contributed by atoms with Crippen molar-refractivity contribution < 1.29 is 4.79 Å². The molecule has 5 nitrogen and oxygen atoms in total. The number of hydrogen-bond acceptors (Lipinski definition) is 3. The van der Waals surface area contributed by atoms with E-state index in [0.717, 1.165) is 48.4 Å². The quantitative estimate of drug-likeness (QED) is 0.707. The summed E-state index contributed by atoms with van der Waals surface area (Å²) in [5.74, 6) is 1.54. The van der Waals surface area contributed by atoms with Gasteiger partial charge in [0.05, 0.1) is 17.6 Å². The number of imidazole rings is 1. The van der Waals surface area contributed by atoms with Gasteiger partial charge in [-0.2, -0.15) is 0 Å². The maximum absolute atomic E-state index is 12.3. The highest BCUT2D eigenvalue weighted by Gasteiger charge is 2.24. The van der Waals surface area contributed by atoms with Crippen molar-refractivity contribution in [1.29, 1.82) is 0 Å². The predicted molar refractivity (Wildman–Crippen MR) is 108 cm³/mol. The fourth-order valence-electron chi connectivity index (χ4n) is 3.62. The van der Waals surface area contributed by atoms with Crippen LogP contribution in [0.3, 0.4) is 0 Å². The molecule has 0 atom stereocenters. The highest BCUT2D eigenvalue weighted by atomic mass is 35.5. The summed E-state index contributed by atoms with van der Waals surface area (Å²) in [6.45, 7) is 2.70. The number of carbonyl (C=O) groups excluding carboxylic acids is 1. The van der Waals surface area contributed by atoms with Crippen LogP contribution < -0.4 is 5.32 Å². The van der Waals surface area contributed by atoms with E-state index >= 15 is 0 Å². The van der Waals surface area contributed by atoms with Crippen molar-refractivity contribution in [2.24, 2.45) is 0 Å². The minimum Gasteiger partial charge on any atom is -0.351 e. The van der Waals surface area contributed by atoms with Gasteiger partial charge in [0.2, 0.25) is 5.91 Å². The number of halogens is 1. The van der Waals surface area contributed by atoms with E-state index in [4.69, 9.17) is 16.6 Å². The van der Waals surface area contributed by atoms with Crippen LogP contribution in [-0.2, 0) is 11.3 Å². The first-order chi connectivity index (χ1) is 13.2. The Kier molecular flexibility index (Phi) is 5.41. The van der Waals surface area contributed by atoms with E-state index in [1.54, 1.807) is 0 Å². The molecule has 2 N–H and O–H groups in total. The average Bonchev–Trinajstić information content (AvgIpc) is 3.12. The molecule has 0 unspecified atom stereocenters. The number of piperidine rings is 1. The molecule has 1 aliphatic rings. The Balaban J connectivity index is 1.26. The summed E-state index contributed by atoms with van der Waals surface area (Å²) in [6, 6.07) is 15.7. The van der Waals surface area contributed by atoms with Gasteiger partial charge >= 0.3 is 0 Å². The molecule has 2 heterocycles. The minimum atomic E-state index is 0.0390. The largest absolute Gasteiger partial charge is 0.351 e. The number of carbonyl (C=O) groups is 1. The van der Waals surface area contributed by atoms with Crippen molar-refractivity contribution in [2.45, 2.75) is 25.3 Å². The van der Waals surface area contributed by atoms with Gasteiger partial charge in [-0.05, 0) is 49.7 Å². The van der Waals surface area contributed by atoms with Crippen molar-refractivity contribution in [3.05, 3.63) is 64.9 Å². The number of benzene rings is 2. The molecule has 0 saturated carbocycles. The lowest BCUT2D eigenvalue weighted by molar-refractivity contribution is -0.122. The molecular formula is C21H23ClN4O. The molecule has 3 aromatic rings. The Morgan fingerprint density at radius 3 is 2.67 bits per heavy atom. The molecule has 4 rings (SSSR count). The summed E-state index contributed by atoms with van der Waals surface area (Å²) in [6.07, 6.45) is 2.02. The van der Waals surface area contributed by atoms with Crippen LogP contribution in [0.1, 0.15) is 30.1 Å². The number of nitrogens with one attached hydrogen (secondary N) is 2. The monoisotopic (exact) mass is 382 g/mol. The van der Waals surface area contributed by atoms with E-state index in [-0.39, 0.29) is 5.91 Å². The topological polar surface area (TPSA) is 61.0 Å². The third-order valence-electron chi connectivity index (χ3n) is 5.18. The third kappa shape index (κ3) is 4.31. The van der Waals surface area contributed by atoms with Crippen LogP contribution in [0.5, 0.6) is 0 Å². The van der Waals surface area contributed by atoms with Crippen LogP contribution in [0, 0.1) is 0 Å². The van der Waals surface area contributed by atoms with Crippen molar-refractivity contribution in [3.63, 3.8) is 0 Å². The number of H-pyrrole nitrogens is 1. The van der Waals surface area contributed by atoms with Gasteiger partial charge in [-0.15, -0.1) is 0 Å². The normalized spacial score (nSPS) is 15.9. The zero-order valence-corrected chi connectivity index (χ0v) is 15.9. The Morgan fingerprint density at radius 2 is 1.89 bits per heavy atom. The summed E-state index contributed by atoms with van der Waals surface area (Å²) in [4.78, 5) is 22.6. The molecule has 0 spiro atoms. The Labute approximate surface area is 163 Å². The van der Waals surface area contributed by atoms with Crippen LogP contribution in [0.2, 0.25) is 5.02 Å². The second-order valence-electron chi connectivity index (χ2n) is 7.06. The van der Waals surface area contributed by atoms with Gasteiger partial charge in [-0.25, -0.2) is 4.98 Å². The molecule has 0 bridgehead atoms.